The maximum atomic E-state index is 12.3. The second-order valence-electron chi connectivity index (χ2n) is 6.01. The average Bonchev–Trinajstić information content (AvgIpc) is 3.11. The maximum absolute atomic E-state index is 12.3. The van der Waals surface area contributed by atoms with Crippen molar-refractivity contribution in [3.8, 4) is 0 Å². The lowest BCUT2D eigenvalue weighted by atomic mass is 9.87. The Kier molecular flexibility index (Phi) is 4.57. The molecule has 1 aliphatic carbocycles. The second-order valence-corrected chi connectivity index (χ2v) is 6.01. The molecule has 1 aromatic rings. The van der Waals surface area contributed by atoms with Crippen molar-refractivity contribution in [1.29, 1.82) is 0 Å². The van der Waals surface area contributed by atoms with Gasteiger partial charge in [-0.25, -0.2) is 4.79 Å². The van der Waals surface area contributed by atoms with Crippen molar-refractivity contribution in [3.63, 3.8) is 0 Å². The molecule has 1 aromatic carbocycles. The first-order valence-electron chi connectivity index (χ1n) is 7.86. The Hall–Kier alpha value is -1.63. The fraction of sp³-hybridized carbons (Fsp3) is 0.588. The molecular weight excluding hydrogens is 298 g/mol. The lowest BCUT2D eigenvalue weighted by Crippen LogP contribution is -2.66. The maximum Gasteiger partial charge on any atom is 0.408 e. The highest BCUT2D eigenvalue weighted by molar-refractivity contribution is 5.69. The number of hydrogen-bond donors (Lipinski definition) is 1. The van der Waals surface area contributed by atoms with Crippen LogP contribution < -0.4 is 5.32 Å². The third-order valence-electron chi connectivity index (χ3n) is 4.94. The zero-order chi connectivity index (χ0) is 16.3. The Balaban J connectivity index is 1.70. The molecule has 1 heterocycles. The van der Waals surface area contributed by atoms with E-state index in [1.807, 2.05) is 30.3 Å². The van der Waals surface area contributed by atoms with Gasteiger partial charge in [0.2, 0.25) is 5.79 Å². The summed E-state index contributed by atoms with van der Waals surface area (Å²) >= 11 is 0. The third kappa shape index (κ3) is 2.71. The number of methoxy groups -OCH3 is 2. The van der Waals surface area contributed by atoms with Crippen LogP contribution in [0.3, 0.4) is 0 Å². The molecule has 2 fully saturated rings. The first-order valence-corrected chi connectivity index (χ1v) is 7.86. The van der Waals surface area contributed by atoms with Gasteiger partial charge in [0.1, 0.15) is 18.8 Å². The Bertz CT molecular complexity index is 545. The summed E-state index contributed by atoms with van der Waals surface area (Å²) in [6.45, 7) is 0.519. The van der Waals surface area contributed by atoms with E-state index < -0.39 is 17.4 Å². The van der Waals surface area contributed by atoms with Crippen molar-refractivity contribution >= 4 is 6.09 Å². The van der Waals surface area contributed by atoms with E-state index in [1.165, 1.54) is 0 Å². The zero-order valence-electron chi connectivity index (χ0n) is 13.5. The molecule has 1 saturated carbocycles. The van der Waals surface area contributed by atoms with Crippen molar-refractivity contribution in [2.75, 3.05) is 20.8 Å². The predicted molar refractivity (Wildman–Crippen MR) is 82.8 cm³/mol. The van der Waals surface area contributed by atoms with E-state index in [9.17, 15) is 4.79 Å². The fourth-order valence-electron chi connectivity index (χ4n) is 3.72. The summed E-state index contributed by atoms with van der Waals surface area (Å²) in [5.41, 5.74) is 0.236. The van der Waals surface area contributed by atoms with Gasteiger partial charge >= 0.3 is 6.09 Å². The molecular formula is C17H23NO5. The molecule has 1 N–H and O–H groups in total. The number of rotatable bonds is 5. The molecule has 2 atom stereocenters. The Morgan fingerprint density at radius 1 is 1.30 bits per heavy atom. The predicted octanol–water partition coefficient (Wildman–Crippen LogP) is 2.22. The summed E-state index contributed by atoms with van der Waals surface area (Å²) in [4.78, 5) is 12.3. The molecule has 2 unspecified atom stereocenters. The standard InChI is InChI=1S/C17H23NO5/c1-20-17(21-2)12-23-14-9-6-10-16(14,17)18-15(19)22-11-13-7-4-3-5-8-13/h3-5,7-8,14H,6,9-12H2,1-2H3,(H,18,19). The lowest BCUT2D eigenvalue weighted by molar-refractivity contribution is -0.236. The van der Waals surface area contributed by atoms with Gasteiger partial charge in [-0.2, -0.15) is 0 Å². The van der Waals surface area contributed by atoms with Crippen LogP contribution in [0.5, 0.6) is 0 Å². The molecule has 1 amide bonds. The van der Waals surface area contributed by atoms with Gasteiger partial charge in [0, 0.05) is 14.2 Å². The number of benzene rings is 1. The van der Waals surface area contributed by atoms with Crippen LogP contribution in [-0.2, 0) is 25.6 Å². The first kappa shape index (κ1) is 16.2. The molecule has 23 heavy (non-hydrogen) atoms. The summed E-state index contributed by atoms with van der Waals surface area (Å²) in [7, 11) is 3.15. The number of fused-ring (bicyclic) bond motifs is 1. The average molecular weight is 321 g/mol. The molecule has 6 nitrogen and oxygen atoms in total. The second kappa shape index (κ2) is 6.47. The van der Waals surface area contributed by atoms with Crippen LogP contribution in [0.25, 0.3) is 0 Å². The molecule has 0 spiro atoms. The van der Waals surface area contributed by atoms with Crippen molar-refractivity contribution in [2.24, 2.45) is 0 Å². The number of nitrogens with one attached hydrogen (secondary N) is 1. The minimum Gasteiger partial charge on any atom is -0.445 e. The van der Waals surface area contributed by atoms with Gasteiger partial charge in [-0.1, -0.05) is 30.3 Å². The van der Waals surface area contributed by atoms with E-state index in [-0.39, 0.29) is 12.7 Å². The highest BCUT2D eigenvalue weighted by atomic mass is 16.7. The molecule has 2 aliphatic rings. The number of carbonyl (C=O) groups excluding carboxylic acids is 1. The van der Waals surface area contributed by atoms with Crippen molar-refractivity contribution in [1.82, 2.24) is 5.32 Å². The molecule has 0 bridgehead atoms. The van der Waals surface area contributed by atoms with Crippen LogP contribution in [0, 0.1) is 0 Å². The minimum absolute atomic E-state index is 0.119. The van der Waals surface area contributed by atoms with Gasteiger partial charge in [0.15, 0.2) is 0 Å². The van der Waals surface area contributed by atoms with Crippen molar-refractivity contribution in [2.45, 2.75) is 43.3 Å². The molecule has 3 rings (SSSR count). The van der Waals surface area contributed by atoms with Gasteiger partial charge in [-0.15, -0.1) is 0 Å². The highest BCUT2D eigenvalue weighted by Crippen LogP contribution is 2.48. The molecule has 6 heteroatoms. The fourth-order valence-corrected chi connectivity index (χ4v) is 3.72. The summed E-state index contributed by atoms with van der Waals surface area (Å²) < 4.78 is 22.4. The van der Waals surface area contributed by atoms with Crippen LogP contribution in [0.1, 0.15) is 24.8 Å². The number of amides is 1. The Morgan fingerprint density at radius 3 is 2.74 bits per heavy atom. The Labute approximate surface area is 136 Å². The minimum atomic E-state index is -0.972. The number of carbonyl (C=O) groups is 1. The summed E-state index contributed by atoms with van der Waals surface area (Å²) in [5, 5.41) is 2.98. The monoisotopic (exact) mass is 321 g/mol. The quantitative estimate of drug-likeness (QED) is 0.843. The molecule has 126 valence electrons. The van der Waals surface area contributed by atoms with Gasteiger partial charge in [0.25, 0.3) is 0 Å². The number of ether oxygens (including phenoxy) is 4. The summed E-state index contributed by atoms with van der Waals surface area (Å²) in [6.07, 6.45) is 1.95. The van der Waals surface area contributed by atoms with Crippen LogP contribution in [-0.4, -0.2) is 44.3 Å². The van der Waals surface area contributed by atoms with E-state index >= 15 is 0 Å². The highest BCUT2D eigenvalue weighted by Gasteiger charge is 2.66. The summed E-state index contributed by atoms with van der Waals surface area (Å²) in [5.74, 6) is -0.972. The smallest absolute Gasteiger partial charge is 0.408 e. The van der Waals surface area contributed by atoms with E-state index in [4.69, 9.17) is 18.9 Å². The van der Waals surface area contributed by atoms with E-state index in [2.05, 4.69) is 5.32 Å². The molecule has 0 radical (unpaired) electrons. The van der Waals surface area contributed by atoms with Crippen LogP contribution in [0.2, 0.25) is 0 Å². The van der Waals surface area contributed by atoms with Crippen LogP contribution in [0.15, 0.2) is 30.3 Å². The van der Waals surface area contributed by atoms with Gasteiger partial charge in [0.05, 0.1) is 6.10 Å². The SMILES string of the molecule is COC1(OC)COC2CCCC21NC(=O)OCc1ccccc1. The number of hydrogen-bond acceptors (Lipinski definition) is 5. The van der Waals surface area contributed by atoms with Crippen molar-refractivity contribution < 1.29 is 23.7 Å². The van der Waals surface area contributed by atoms with E-state index in [1.54, 1.807) is 14.2 Å². The molecule has 1 saturated heterocycles. The van der Waals surface area contributed by atoms with Gasteiger partial charge in [-0.3, -0.25) is 0 Å². The van der Waals surface area contributed by atoms with Gasteiger partial charge in [-0.05, 0) is 24.8 Å². The van der Waals surface area contributed by atoms with Gasteiger partial charge < -0.3 is 24.3 Å². The van der Waals surface area contributed by atoms with E-state index in [0.29, 0.717) is 6.61 Å². The molecule has 1 aliphatic heterocycles. The zero-order valence-corrected chi connectivity index (χ0v) is 13.5. The van der Waals surface area contributed by atoms with Crippen LogP contribution in [0.4, 0.5) is 4.79 Å². The van der Waals surface area contributed by atoms with E-state index in [0.717, 1.165) is 24.8 Å². The largest absolute Gasteiger partial charge is 0.445 e. The molecule has 0 aromatic heterocycles. The van der Waals surface area contributed by atoms with Crippen molar-refractivity contribution in [3.05, 3.63) is 35.9 Å². The Morgan fingerprint density at radius 2 is 2.04 bits per heavy atom. The third-order valence-corrected chi connectivity index (χ3v) is 4.94. The number of alkyl carbamates (subject to hydrolysis) is 1. The lowest BCUT2D eigenvalue weighted by Gasteiger charge is -2.41. The first-order chi connectivity index (χ1) is 11.2. The normalized spacial score (nSPS) is 28.3. The van der Waals surface area contributed by atoms with Crippen LogP contribution >= 0.6 is 0 Å². The topological polar surface area (TPSA) is 66.0 Å². The summed E-state index contributed by atoms with van der Waals surface area (Å²) in [6, 6.07) is 9.57.